The number of nitrogens with one attached hydrogen (secondary N) is 1. The van der Waals surface area contributed by atoms with E-state index >= 15 is 0 Å². The van der Waals surface area contributed by atoms with Crippen molar-refractivity contribution in [2.24, 2.45) is 5.92 Å². The van der Waals surface area contributed by atoms with Crippen LogP contribution >= 0.6 is 0 Å². The van der Waals surface area contributed by atoms with Crippen molar-refractivity contribution in [2.75, 3.05) is 13.2 Å². The van der Waals surface area contributed by atoms with Gasteiger partial charge in [0.15, 0.2) is 0 Å². The number of benzene rings is 2. The highest BCUT2D eigenvalue weighted by Gasteiger charge is 2.13. The molecule has 1 amide bonds. The van der Waals surface area contributed by atoms with E-state index in [9.17, 15) is 4.79 Å². The monoisotopic (exact) mass is 369 g/mol. The van der Waals surface area contributed by atoms with Gasteiger partial charge in [0.05, 0.1) is 6.61 Å². The molecule has 27 heavy (non-hydrogen) atoms. The summed E-state index contributed by atoms with van der Waals surface area (Å²) in [6.07, 6.45) is 0. The van der Waals surface area contributed by atoms with E-state index < -0.39 is 0 Å². The second-order valence-corrected chi connectivity index (χ2v) is 7.34. The van der Waals surface area contributed by atoms with Gasteiger partial charge in [-0.3, -0.25) is 4.79 Å². The summed E-state index contributed by atoms with van der Waals surface area (Å²) in [6, 6.07) is 13.6. The van der Waals surface area contributed by atoms with Crippen molar-refractivity contribution in [2.45, 2.75) is 47.1 Å². The Labute approximate surface area is 162 Å². The van der Waals surface area contributed by atoms with Crippen LogP contribution in [0, 0.1) is 5.92 Å². The summed E-state index contributed by atoms with van der Waals surface area (Å²) in [7, 11) is 0. The normalized spacial score (nSPS) is 10.9. The fraction of sp³-hybridized carbons (Fsp3) is 0.435. The predicted octanol–water partition coefficient (Wildman–Crippen LogP) is 5.17. The minimum absolute atomic E-state index is 0.0735. The summed E-state index contributed by atoms with van der Waals surface area (Å²) in [4.78, 5) is 12.4. The van der Waals surface area contributed by atoms with Gasteiger partial charge in [-0.1, -0.05) is 45.9 Å². The Morgan fingerprint density at radius 3 is 2.41 bits per heavy atom. The van der Waals surface area contributed by atoms with E-state index in [1.165, 1.54) is 5.56 Å². The molecule has 0 fully saturated rings. The van der Waals surface area contributed by atoms with Crippen LogP contribution in [0.25, 0.3) is 0 Å². The van der Waals surface area contributed by atoms with Gasteiger partial charge in [-0.15, -0.1) is 0 Å². The first-order chi connectivity index (χ1) is 12.9. The summed E-state index contributed by atoms with van der Waals surface area (Å²) in [5.74, 6) is 2.33. The lowest BCUT2D eigenvalue weighted by molar-refractivity contribution is 0.0949. The van der Waals surface area contributed by atoms with E-state index in [0.717, 1.165) is 17.1 Å². The van der Waals surface area contributed by atoms with E-state index in [0.29, 0.717) is 37.2 Å². The molecule has 4 heteroatoms. The number of hydrogen-bond donors (Lipinski definition) is 1. The molecule has 0 saturated carbocycles. The van der Waals surface area contributed by atoms with Crippen molar-refractivity contribution < 1.29 is 14.3 Å². The number of carbonyl (C=O) groups is 1. The molecule has 1 N–H and O–H groups in total. The van der Waals surface area contributed by atoms with Crippen LogP contribution in [0.1, 0.15) is 62.0 Å². The predicted molar refractivity (Wildman–Crippen MR) is 110 cm³/mol. The molecular formula is C23H31NO3. The molecule has 0 aromatic heterocycles. The molecule has 4 nitrogen and oxygen atoms in total. The van der Waals surface area contributed by atoms with E-state index in [-0.39, 0.29) is 5.91 Å². The number of carbonyl (C=O) groups excluding carboxylic acids is 1. The van der Waals surface area contributed by atoms with Crippen LogP contribution in [0.4, 0.5) is 0 Å². The maximum absolute atomic E-state index is 12.4. The van der Waals surface area contributed by atoms with Crippen LogP contribution in [0.2, 0.25) is 0 Å². The zero-order chi connectivity index (χ0) is 19.8. The topological polar surface area (TPSA) is 47.6 Å². The number of amides is 1. The first kappa shape index (κ1) is 20.8. The van der Waals surface area contributed by atoms with E-state index in [1.807, 2.05) is 37.3 Å². The third-order valence-corrected chi connectivity index (χ3v) is 4.22. The second-order valence-electron chi connectivity index (χ2n) is 7.34. The first-order valence-electron chi connectivity index (χ1n) is 9.68. The lowest BCUT2D eigenvalue weighted by Crippen LogP contribution is -2.27. The summed E-state index contributed by atoms with van der Waals surface area (Å²) < 4.78 is 11.8. The van der Waals surface area contributed by atoms with Crippen molar-refractivity contribution in [1.29, 1.82) is 0 Å². The highest BCUT2D eigenvalue weighted by molar-refractivity contribution is 5.94. The third kappa shape index (κ3) is 6.02. The van der Waals surface area contributed by atoms with Crippen LogP contribution < -0.4 is 14.8 Å². The Hall–Kier alpha value is -2.49. The second kappa shape index (κ2) is 10.0. The fourth-order valence-corrected chi connectivity index (χ4v) is 2.77. The maximum Gasteiger partial charge on any atom is 0.251 e. The fourth-order valence-electron chi connectivity index (χ4n) is 2.77. The molecule has 0 aliphatic heterocycles. The van der Waals surface area contributed by atoms with Crippen LogP contribution in [-0.2, 0) is 6.61 Å². The summed E-state index contributed by atoms with van der Waals surface area (Å²) >= 11 is 0. The molecule has 0 saturated heterocycles. The van der Waals surface area contributed by atoms with Gasteiger partial charge in [-0.25, -0.2) is 0 Å². The van der Waals surface area contributed by atoms with Crippen molar-refractivity contribution in [1.82, 2.24) is 5.32 Å². The lowest BCUT2D eigenvalue weighted by Gasteiger charge is -2.16. The Balaban J connectivity index is 2.20. The molecule has 0 spiro atoms. The molecule has 0 unspecified atom stereocenters. The van der Waals surface area contributed by atoms with Crippen molar-refractivity contribution in [3.63, 3.8) is 0 Å². The van der Waals surface area contributed by atoms with Gasteiger partial charge in [0, 0.05) is 17.7 Å². The third-order valence-electron chi connectivity index (χ3n) is 4.22. The number of rotatable bonds is 9. The Bertz CT molecular complexity index is 753. The molecular weight excluding hydrogens is 338 g/mol. The largest absolute Gasteiger partial charge is 0.493 e. The SMILES string of the molecule is CCOc1ccc(C(=O)NCC(C)C)cc1COc1ccccc1C(C)C. The molecule has 0 radical (unpaired) electrons. The van der Waals surface area contributed by atoms with Crippen LogP contribution in [0.15, 0.2) is 42.5 Å². The molecule has 146 valence electrons. The molecule has 0 bridgehead atoms. The molecule has 0 atom stereocenters. The number of hydrogen-bond acceptors (Lipinski definition) is 3. The smallest absolute Gasteiger partial charge is 0.251 e. The zero-order valence-corrected chi connectivity index (χ0v) is 17.0. The van der Waals surface area contributed by atoms with E-state index in [1.54, 1.807) is 6.07 Å². The number of ether oxygens (including phenoxy) is 2. The van der Waals surface area contributed by atoms with Crippen molar-refractivity contribution in [3.8, 4) is 11.5 Å². The molecule has 2 aromatic rings. The standard InChI is InChI=1S/C23H31NO3/c1-6-26-21-12-11-18(23(25)24-14-16(2)3)13-19(21)15-27-22-10-8-7-9-20(22)17(4)5/h7-13,16-17H,6,14-15H2,1-5H3,(H,24,25). The minimum Gasteiger partial charge on any atom is -0.493 e. The first-order valence-corrected chi connectivity index (χ1v) is 9.68. The average Bonchev–Trinajstić information content (AvgIpc) is 2.65. The highest BCUT2D eigenvalue weighted by Crippen LogP contribution is 2.28. The van der Waals surface area contributed by atoms with Gasteiger partial charge in [-0.05, 0) is 48.6 Å². The van der Waals surface area contributed by atoms with Gasteiger partial charge in [0.25, 0.3) is 5.91 Å². The molecule has 0 aliphatic carbocycles. The van der Waals surface area contributed by atoms with Gasteiger partial charge < -0.3 is 14.8 Å². The van der Waals surface area contributed by atoms with Crippen LogP contribution in [-0.4, -0.2) is 19.1 Å². The van der Waals surface area contributed by atoms with Crippen molar-refractivity contribution in [3.05, 3.63) is 59.2 Å². The Morgan fingerprint density at radius 2 is 1.74 bits per heavy atom. The number of para-hydroxylation sites is 1. The molecule has 0 aliphatic rings. The summed E-state index contributed by atoms with van der Waals surface area (Å²) in [5.41, 5.74) is 2.66. The maximum atomic E-state index is 12.4. The van der Waals surface area contributed by atoms with Gasteiger partial charge in [0.2, 0.25) is 0 Å². The molecule has 2 rings (SSSR count). The van der Waals surface area contributed by atoms with Gasteiger partial charge in [-0.2, -0.15) is 0 Å². The summed E-state index contributed by atoms with van der Waals surface area (Å²) in [5, 5.41) is 2.95. The van der Waals surface area contributed by atoms with E-state index in [2.05, 4.69) is 39.1 Å². The average molecular weight is 370 g/mol. The highest BCUT2D eigenvalue weighted by atomic mass is 16.5. The Morgan fingerprint density at radius 1 is 1.00 bits per heavy atom. The van der Waals surface area contributed by atoms with Crippen LogP contribution in [0.3, 0.4) is 0 Å². The van der Waals surface area contributed by atoms with Gasteiger partial charge in [0.1, 0.15) is 18.1 Å². The quantitative estimate of drug-likeness (QED) is 0.663. The zero-order valence-electron chi connectivity index (χ0n) is 17.0. The van der Waals surface area contributed by atoms with Crippen molar-refractivity contribution >= 4 is 5.91 Å². The minimum atomic E-state index is -0.0735. The van der Waals surface area contributed by atoms with Gasteiger partial charge >= 0.3 is 0 Å². The summed E-state index contributed by atoms with van der Waals surface area (Å²) in [6.45, 7) is 12.0. The van der Waals surface area contributed by atoms with Crippen LogP contribution in [0.5, 0.6) is 11.5 Å². The molecule has 0 heterocycles. The Kier molecular flexibility index (Phi) is 7.71. The molecule has 2 aromatic carbocycles. The lowest BCUT2D eigenvalue weighted by atomic mass is 10.0. The van der Waals surface area contributed by atoms with E-state index in [4.69, 9.17) is 9.47 Å².